The normalized spacial score (nSPS) is 19.5. The van der Waals surface area contributed by atoms with Gasteiger partial charge in [0.2, 0.25) is 0 Å². The molecule has 3 aromatic rings. The number of aromatic nitrogens is 1. The van der Waals surface area contributed by atoms with Gasteiger partial charge < -0.3 is 15.4 Å². The first-order valence-corrected chi connectivity index (χ1v) is 10.6. The van der Waals surface area contributed by atoms with Gasteiger partial charge in [-0.2, -0.15) is 0 Å². The number of hydrogen-bond acceptors (Lipinski definition) is 4. The summed E-state index contributed by atoms with van der Waals surface area (Å²) >= 11 is 0. The van der Waals surface area contributed by atoms with E-state index in [0.717, 1.165) is 35.1 Å². The van der Waals surface area contributed by atoms with Gasteiger partial charge in [-0.25, -0.2) is 0 Å². The quantitative estimate of drug-likeness (QED) is 0.490. The summed E-state index contributed by atoms with van der Waals surface area (Å²) in [5, 5.41) is 14.9. The van der Waals surface area contributed by atoms with E-state index in [9.17, 15) is 5.11 Å². The lowest BCUT2D eigenvalue weighted by atomic mass is 9.77. The fraction of sp³-hybridized carbons (Fsp3) is 0.400. The molecule has 1 aliphatic heterocycles. The van der Waals surface area contributed by atoms with Crippen molar-refractivity contribution in [1.82, 2.24) is 9.88 Å². The van der Waals surface area contributed by atoms with E-state index >= 15 is 0 Å². The average molecular weight is 405 g/mol. The van der Waals surface area contributed by atoms with Crippen LogP contribution in [0.25, 0.3) is 10.9 Å². The molecule has 1 fully saturated rings. The van der Waals surface area contributed by atoms with Gasteiger partial charge in [-0.3, -0.25) is 9.89 Å². The maximum Gasteiger partial charge on any atom is 0.198 e. The number of fused-ring (bicyclic) bond motifs is 1. The van der Waals surface area contributed by atoms with E-state index in [0.29, 0.717) is 11.6 Å². The van der Waals surface area contributed by atoms with Crippen LogP contribution >= 0.6 is 0 Å². The van der Waals surface area contributed by atoms with E-state index in [1.807, 2.05) is 36.4 Å². The minimum absolute atomic E-state index is 0.144. The average Bonchev–Trinajstić information content (AvgIpc) is 3.00. The van der Waals surface area contributed by atoms with E-state index in [2.05, 4.69) is 67.1 Å². The number of para-hydroxylation sites is 1. The van der Waals surface area contributed by atoms with Crippen LogP contribution in [0.1, 0.15) is 46.1 Å². The first-order valence-electron chi connectivity index (χ1n) is 10.6. The van der Waals surface area contributed by atoms with Crippen LogP contribution in [0, 0.1) is 0 Å². The Balaban J connectivity index is 1.47. The number of aromatic hydroxyl groups is 1. The molecule has 4 rings (SSSR count). The first kappa shape index (κ1) is 20.5. The van der Waals surface area contributed by atoms with Crippen LogP contribution in [0.2, 0.25) is 0 Å². The first-order chi connectivity index (χ1) is 14.2. The predicted octanol–water partition coefficient (Wildman–Crippen LogP) is 5.69. The lowest BCUT2D eigenvalue weighted by Crippen LogP contribution is -2.61. The molecular weight excluding hydrogens is 372 g/mol. The Bertz CT molecular complexity index is 1040. The molecule has 0 amide bonds. The number of H-pyrrole nitrogens is 1. The number of anilines is 1. The summed E-state index contributed by atoms with van der Waals surface area (Å²) in [6, 6.07) is 16.4. The number of likely N-dealkylation sites (tertiary alicyclic amines) is 1. The fourth-order valence-electron chi connectivity index (χ4n) is 4.77. The zero-order valence-corrected chi connectivity index (χ0v) is 18.5. The van der Waals surface area contributed by atoms with Gasteiger partial charge >= 0.3 is 0 Å². The number of nitrogens with one attached hydrogen (secondary N) is 2. The molecule has 30 heavy (non-hydrogen) atoms. The topological polar surface area (TPSA) is 63.6 Å². The molecule has 2 heterocycles. The fourth-order valence-corrected chi connectivity index (χ4v) is 4.77. The van der Waals surface area contributed by atoms with Crippen molar-refractivity contribution in [3.63, 3.8) is 0 Å². The summed E-state index contributed by atoms with van der Waals surface area (Å²) in [6.45, 7) is 9.28. The van der Waals surface area contributed by atoms with Crippen LogP contribution in [-0.4, -0.2) is 45.4 Å². The number of aliphatic imine (C=N–C) groups is 1. The van der Waals surface area contributed by atoms with Crippen molar-refractivity contribution in [2.24, 2.45) is 4.99 Å². The maximum atomic E-state index is 10.2. The van der Waals surface area contributed by atoms with Crippen LogP contribution in [0.3, 0.4) is 0 Å². The zero-order chi connectivity index (χ0) is 21.5. The van der Waals surface area contributed by atoms with Crippen LogP contribution < -0.4 is 5.32 Å². The lowest BCUT2D eigenvalue weighted by Gasteiger charge is -2.53. The number of aromatic amines is 1. The van der Waals surface area contributed by atoms with E-state index in [1.54, 1.807) is 6.21 Å². The van der Waals surface area contributed by atoms with Crippen LogP contribution in [-0.2, 0) is 0 Å². The van der Waals surface area contributed by atoms with Gasteiger partial charge in [0.15, 0.2) is 5.88 Å². The Morgan fingerprint density at radius 3 is 2.33 bits per heavy atom. The van der Waals surface area contributed by atoms with E-state index < -0.39 is 0 Å². The van der Waals surface area contributed by atoms with Gasteiger partial charge in [0.1, 0.15) is 0 Å². The van der Waals surface area contributed by atoms with Gasteiger partial charge in [0.25, 0.3) is 0 Å². The Hall–Kier alpha value is -2.79. The second-order valence-electron chi connectivity index (χ2n) is 9.67. The number of piperidine rings is 1. The minimum atomic E-state index is 0.144. The van der Waals surface area contributed by atoms with E-state index in [1.165, 1.54) is 0 Å². The summed E-state index contributed by atoms with van der Waals surface area (Å²) in [7, 11) is 2.23. The maximum absolute atomic E-state index is 10.2. The molecule has 5 heteroatoms. The summed E-state index contributed by atoms with van der Waals surface area (Å²) in [5.74, 6) is 0.144. The third kappa shape index (κ3) is 3.94. The molecule has 158 valence electrons. The third-order valence-electron chi connectivity index (χ3n) is 6.61. The van der Waals surface area contributed by atoms with Crippen molar-refractivity contribution >= 4 is 28.5 Å². The monoisotopic (exact) mass is 404 g/mol. The molecule has 0 bridgehead atoms. The second-order valence-corrected chi connectivity index (χ2v) is 9.67. The Labute approximate surface area is 178 Å². The molecule has 0 atom stereocenters. The molecule has 0 radical (unpaired) electrons. The molecule has 0 aliphatic carbocycles. The highest BCUT2D eigenvalue weighted by molar-refractivity contribution is 6.02. The molecule has 0 saturated carbocycles. The molecular formula is C25H32N4O. The van der Waals surface area contributed by atoms with Crippen LogP contribution in [0.5, 0.6) is 5.88 Å². The molecule has 3 N–H and O–H groups in total. The second kappa shape index (κ2) is 7.47. The predicted molar refractivity (Wildman–Crippen MR) is 126 cm³/mol. The SMILES string of the molecule is CN1C(C)(C)CC(Nc2ccc(N=Cc3c(O)[nH]c4ccccc34)cc2)CC1(C)C. The number of hydrogen-bond donors (Lipinski definition) is 3. The Morgan fingerprint density at radius 1 is 1.03 bits per heavy atom. The van der Waals surface area contributed by atoms with Gasteiger partial charge in [0.05, 0.1) is 11.3 Å². The largest absolute Gasteiger partial charge is 0.494 e. The van der Waals surface area contributed by atoms with Crippen LogP contribution in [0.15, 0.2) is 53.5 Å². The molecule has 1 aliphatic rings. The summed E-state index contributed by atoms with van der Waals surface area (Å²) in [5.41, 5.74) is 3.90. The van der Waals surface area contributed by atoms with Crippen molar-refractivity contribution in [1.29, 1.82) is 0 Å². The molecule has 1 aromatic heterocycles. The van der Waals surface area contributed by atoms with Crippen molar-refractivity contribution in [2.75, 3.05) is 12.4 Å². The lowest BCUT2D eigenvalue weighted by molar-refractivity contribution is -0.00767. The summed E-state index contributed by atoms with van der Waals surface area (Å²) < 4.78 is 0. The molecule has 0 spiro atoms. The third-order valence-corrected chi connectivity index (χ3v) is 6.61. The Kier molecular flexibility index (Phi) is 5.10. The van der Waals surface area contributed by atoms with Crippen molar-refractivity contribution in [3.8, 4) is 5.88 Å². The van der Waals surface area contributed by atoms with Gasteiger partial charge in [0, 0.05) is 39.9 Å². The zero-order valence-electron chi connectivity index (χ0n) is 18.5. The molecule has 1 saturated heterocycles. The highest BCUT2D eigenvalue weighted by atomic mass is 16.3. The smallest absolute Gasteiger partial charge is 0.198 e. The van der Waals surface area contributed by atoms with Crippen molar-refractivity contribution < 1.29 is 5.11 Å². The summed E-state index contributed by atoms with van der Waals surface area (Å²) in [6.07, 6.45) is 3.93. The molecule has 2 aromatic carbocycles. The number of rotatable bonds is 4. The van der Waals surface area contributed by atoms with Crippen LogP contribution in [0.4, 0.5) is 11.4 Å². The van der Waals surface area contributed by atoms with Gasteiger partial charge in [-0.05, 0) is 77.9 Å². The van der Waals surface area contributed by atoms with Crippen molar-refractivity contribution in [3.05, 3.63) is 54.1 Å². The number of benzene rings is 2. The van der Waals surface area contributed by atoms with Gasteiger partial charge in [-0.1, -0.05) is 18.2 Å². The Morgan fingerprint density at radius 2 is 1.67 bits per heavy atom. The van der Waals surface area contributed by atoms with E-state index in [-0.39, 0.29) is 17.0 Å². The molecule has 5 nitrogen and oxygen atoms in total. The van der Waals surface area contributed by atoms with Gasteiger partial charge in [-0.15, -0.1) is 0 Å². The highest BCUT2D eigenvalue weighted by Crippen LogP contribution is 2.38. The number of nitrogens with zero attached hydrogens (tertiary/aromatic N) is 2. The molecule has 0 unspecified atom stereocenters. The van der Waals surface area contributed by atoms with E-state index in [4.69, 9.17) is 0 Å². The minimum Gasteiger partial charge on any atom is -0.494 e. The standard InChI is InChI=1S/C25H32N4O/c1-24(2)14-19(15-25(3,4)29(24)5)27-18-12-10-17(11-13-18)26-16-21-20-8-6-7-9-22(20)28-23(21)30/h6-13,16,19,27-28,30H,14-15H2,1-5H3. The highest BCUT2D eigenvalue weighted by Gasteiger charge is 2.42. The van der Waals surface area contributed by atoms with Crippen molar-refractivity contribution in [2.45, 2.75) is 57.7 Å². The summed E-state index contributed by atoms with van der Waals surface area (Å²) in [4.78, 5) is 10.0.